The van der Waals surface area contributed by atoms with E-state index in [-0.39, 0.29) is 17.7 Å². The summed E-state index contributed by atoms with van der Waals surface area (Å²) in [5, 5.41) is 5.29. The number of hydrogen-bond acceptors (Lipinski definition) is 3. The van der Waals surface area contributed by atoms with E-state index in [1.54, 1.807) is 0 Å². The van der Waals surface area contributed by atoms with Gasteiger partial charge in [-0.2, -0.15) is 0 Å². The van der Waals surface area contributed by atoms with Gasteiger partial charge < -0.3 is 5.32 Å². The molecule has 2 N–H and O–H groups in total. The summed E-state index contributed by atoms with van der Waals surface area (Å²) in [6.07, 6.45) is 1.50. The van der Waals surface area contributed by atoms with Crippen LogP contribution in [0.25, 0.3) is 0 Å². The molecule has 1 saturated heterocycles. The minimum Gasteiger partial charge on any atom is -0.356 e. The molecule has 2 atom stereocenters. The summed E-state index contributed by atoms with van der Waals surface area (Å²) in [7, 11) is 0. The molecule has 2 unspecified atom stereocenters. The monoisotopic (exact) mass is 266 g/mol. The molecular formula is C14H22N2O3. The Bertz CT molecular complexity index is 432. The Morgan fingerprint density at radius 3 is 2.00 bits per heavy atom. The van der Waals surface area contributed by atoms with E-state index in [9.17, 15) is 14.4 Å². The third-order valence-corrected chi connectivity index (χ3v) is 4.55. The highest BCUT2D eigenvalue weighted by atomic mass is 16.2. The van der Waals surface area contributed by atoms with E-state index in [2.05, 4.69) is 10.6 Å². The molecule has 0 aromatic rings. The first-order valence-electron chi connectivity index (χ1n) is 6.79. The van der Waals surface area contributed by atoms with Gasteiger partial charge in [0, 0.05) is 22.8 Å². The number of imide groups is 1. The molecule has 1 saturated carbocycles. The minimum atomic E-state index is -0.662. The Morgan fingerprint density at radius 1 is 1.11 bits per heavy atom. The number of carbonyl (C=O) groups excluding carboxylic acids is 3. The highest BCUT2D eigenvalue weighted by Crippen LogP contribution is 2.56. The largest absolute Gasteiger partial charge is 0.356 e. The fourth-order valence-corrected chi connectivity index (χ4v) is 4.03. The maximum Gasteiger partial charge on any atom is 0.232 e. The Hall–Kier alpha value is -1.39. The number of hydrogen-bond donors (Lipinski definition) is 2. The van der Waals surface area contributed by atoms with Crippen LogP contribution in [-0.4, -0.2) is 24.3 Å². The fourth-order valence-electron chi connectivity index (χ4n) is 4.03. The minimum absolute atomic E-state index is 0.0605. The first kappa shape index (κ1) is 14.0. The fraction of sp³-hybridized carbons (Fsp3) is 0.786. The number of amides is 3. The summed E-state index contributed by atoms with van der Waals surface area (Å²) < 4.78 is 0. The van der Waals surface area contributed by atoms with Gasteiger partial charge in [-0.3, -0.25) is 19.7 Å². The lowest BCUT2D eigenvalue weighted by Crippen LogP contribution is -2.63. The first-order valence-corrected chi connectivity index (χ1v) is 6.79. The summed E-state index contributed by atoms with van der Waals surface area (Å²) in [6, 6.07) is 0. The van der Waals surface area contributed by atoms with Crippen molar-refractivity contribution in [3.8, 4) is 0 Å². The zero-order valence-corrected chi connectivity index (χ0v) is 12.1. The summed E-state index contributed by atoms with van der Waals surface area (Å²) in [5.74, 6) is -0.551. The van der Waals surface area contributed by atoms with E-state index in [0.29, 0.717) is 25.8 Å². The maximum absolute atomic E-state index is 12.3. The third kappa shape index (κ3) is 2.05. The highest BCUT2D eigenvalue weighted by Gasteiger charge is 2.60. The molecule has 2 bridgehead atoms. The standard InChI is InChI=1S/C14H22N2O3/c1-5-15-9(17)12(2)6-13(3)8-14(4,7-12)11(19)16-10(13)18/h5-8H2,1-4H3,(H,15,17)(H,16,18,19). The van der Waals surface area contributed by atoms with Gasteiger partial charge in [0.2, 0.25) is 17.7 Å². The van der Waals surface area contributed by atoms with E-state index in [1.807, 2.05) is 27.7 Å². The van der Waals surface area contributed by atoms with Gasteiger partial charge in [-0.05, 0) is 26.2 Å². The molecule has 1 aliphatic carbocycles. The van der Waals surface area contributed by atoms with Crippen molar-refractivity contribution in [2.45, 2.75) is 47.0 Å². The third-order valence-electron chi connectivity index (χ3n) is 4.55. The van der Waals surface area contributed by atoms with Crippen LogP contribution >= 0.6 is 0 Å². The van der Waals surface area contributed by atoms with Crippen LogP contribution in [0.3, 0.4) is 0 Å². The average molecular weight is 266 g/mol. The Labute approximate surface area is 113 Å². The van der Waals surface area contributed by atoms with Gasteiger partial charge in [-0.1, -0.05) is 20.8 Å². The topological polar surface area (TPSA) is 75.3 Å². The van der Waals surface area contributed by atoms with E-state index in [0.717, 1.165) is 0 Å². The molecule has 19 heavy (non-hydrogen) atoms. The number of piperidine rings is 1. The Balaban J connectivity index is 2.39. The van der Waals surface area contributed by atoms with Gasteiger partial charge in [0.15, 0.2) is 0 Å². The van der Waals surface area contributed by atoms with Gasteiger partial charge in [-0.25, -0.2) is 0 Å². The van der Waals surface area contributed by atoms with E-state index in [1.165, 1.54) is 0 Å². The first-order chi connectivity index (χ1) is 8.65. The Kier molecular flexibility index (Phi) is 2.99. The van der Waals surface area contributed by atoms with E-state index in [4.69, 9.17) is 0 Å². The van der Waals surface area contributed by atoms with Crippen molar-refractivity contribution in [1.82, 2.24) is 10.6 Å². The van der Waals surface area contributed by atoms with Crippen LogP contribution in [0.4, 0.5) is 0 Å². The lowest BCUT2D eigenvalue weighted by molar-refractivity contribution is -0.164. The van der Waals surface area contributed by atoms with Gasteiger partial charge in [0.05, 0.1) is 0 Å². The van der Waals surface area contributed by atoms with Crippen molar-refractivity contribution < 1.29 is 14.4 Å². The van der Waals surface area contributed by atoms with Crippen LogP contribution in [0.5, 0.6) is 0 Å². The maximum atomic E-state index is 12.3. The molecule has 3 amide bonds. The normalized spacial score (nSPS) is 41.7. The predicted octanol–water partition coefficient (Wildman–Crippen LogP) is 0.982. The molecule has 0 aromatic heterocycles. The second-order valence-electron chi connectivity index (χ2n) is 6.86. The lowest BCUT2D eigenvalue weighted by atomic mass is 9.52. The summed E-state index contributed by atoms with van der Waals surface area (Å²) >= 11 is 0. The van der Waals surface area contributed by atoms with Crippen molar-refractivity contribution in [3.05, 3.63) is 0 Å². The summed E-state index contributed by atoms with van der Waals surface area (Å²) in [4.78, 5) is 36.5. The molecular weight excluding hydrogens is 244 g/mol. The van der Waals surface area contributed by atoms with E-state index < -0.39 is 16.2 Å². The summed E-state index contributed by atoms with van der Waals surface area (Å²) in [5.41, 5.74) is -1.94. The zero-order valence-electron chi connectivity index (χ0n) is 12.1. The van der Waals surface area contributed by atoms with Crippen molar-refractivity contribution in [2.75, 3.05) is 6.54 Å². The number of fused-ring (bicyclic) bond motifs is 2. The van der Waals surface area contributed by atoms with Gasteiger partial charge in [0.1, 0.15) is 0 Å². The lowest BCUT2D eigenvalue weighted by Gasteiger charge is -2.53. The van der Waals surface area contributed by atoms with Crippen LogP contribution in [0.2, 0.25) is 0 Å². The number of carbonyl (C=O) groups is 3. The molecule has 106 valence electrons. The molecule has 0 aromatic carbocycles. The molecule has 0 spiro atoms. The van der Waals surface area contributed by atoms with Gasteiger partial charge in [0.25, 0.3) is 0 Å². The van der Waals surface area contributed by atoms with Crippen LogP contribution in [0.15, 0.2) is 0 Å². The quantitative estimate of drug-likeness (QED) is 0.732. The molecule has 2 rings (SSSR count). The van der Waals surface area contributed by atoms with E-state index >= 15 is 0 Å². The van der Waals surface area contributed by atoms with Crippen LogP contribution in [0.1, 0.15) is 47.0 Å². The van der Waals surface area contributed by atoms with Crippen LogP contribution in [0, 0.1) is 16.2 Å². The van der Waals surface area contributed by atoms with Crippen LogP contribution < -0.4 is 10.6 Å². The highest BCUT2D eigenvalue weighted by molar-refractivity contribution is 6.04. The van der Waals surface area contributed by atoms with Crippen molar-refractivity contribution in [1.29, 1.82) is 0 Å². The van der Waals surface area contributed by atoms with Crippen molar-refractivity contribution in [3.63, 3.8) is 0 Å². The summed E-state index contributed by atoms with van der Waals surface area (Å²) in [6.45, 7) is 7.99. The SMILES string of the molecule is CCNC(=O)C1(C)CC2(C)CC(C)(C1)C(=O)NC2=O. The molecule has 0 radical (unpaired) electrons. The second-order valence-corrected chi connectivity index (χ2v) is 6.86. The molecule has 1 aliphatic heterocycles. The average Bonchev–Trinajstić information content (AvgIpc) is 2.26. The number of nitrogens with one attached hydrogen (secondary N) is 2. The van der Waals surface area contributed by atoms with Gasteiger partial charge >= 0.3 is 0 Å². The molecule has 1 heterocycles. The molecule has 2 fully saturated rings. The molecule has 5 heteroatoms. The zero-order chi connectivity index (χ0) is 14.5. The second kappa shape index (κ2) is 4.05. The van der Waals surface area contributed by atoms with Crippen molar-refractivity contribution >= 4 is 17.7 Å². The number of rotatable bonds is 2. The predicted molar refractivity (Wildman–Crippen MR) is 70.0 cm³/mol. The molecule has 2 aliphatic rings. The smallest absolute Gasteiger partial charge is 0.232 e. The van der Waals surface area contributed by atoms with Crippen molar-refractivity contribution in [2.24, 2.45) is 16.2 Å². The van der Waals surface area contributed by atoms with Gasteiger partial charge in [-0.15, -0.1) is 0 Å². The molecule has 5 nitrogen and oxygen atoms in total. The van der Waals surface area contributed by atoms with Crippen LogP contribution in [-0.2, 0) is 14.4 Å². The Morgan fingerprint density at radius 2 is 1.58 bits per heavy atom.